The first-order valence-corrected chi connectivity index (χ1v) is 4.24. The largest absolute Gasteiger partial charge is 0.508 e. The third-order valence-corrected chi connectivity index (χ3v) is 2.05. The van der Waals surface area contributed by atoms with E-state index >= 15 is 0 Å². The van der Waals surface area contributed by atoms with Crippen LogP contribution in [-0.2, 0) is 0 Å². The number of hydrogen-bond donors (Lipinski definition) is 2. The maximum Gasteiger partial charge on any atom is 0.121 e. The molecule has 12 heavy (non-hydrogen) atoms. The van der Waals surface area contributed by atoms with Gasteiger partial charge in [0.2, 0.25) is 0 Å². The van der Waals surface area contributed by atoms with Crippen molar-refractivity contribution in [3.63, 3.8) is 0 Å². The summed E-state index contributed by atoms with van der Waals surface area (Å²) in [6.07, 6.45) is 0. The van der Waals surface area contributed by atoms with E-state index in [0.29, 0.717) is 5.56 Å². The highest BCUT2D eigenvalue weighted by atomic mass is 79.9. The smallest absolute Gasteiger partial charge is 0.121 e. The van der Waals surface area contributed by atoms with Crippen LogP contribution in [0.3, 0.4) is 0 Å². The summed E-state index contributed by atoms with van der Waals surface area (Å²) in [5.74, 6) is 0.0227. The lowest BCUT2D eigenvalue weighted by Crippen LogP contribution is -2.12. The van der Waals surface area contributed by atoms with Crippen LogP contribution in [0.4, 0.5) is 4.39 Å². The summed E-state index contributed by atoms with van der Waals surface area (Å²) in [4.78, 5) is 0. The van der Waals surface area contributed by atoms with Crippen molar-refractivity contribution in [3.8, 4) is 5.75 Å². The second-order valence-corrected chi connectivity index (χ2v) is 3.38. The number of phenols is 1. The number of alkyl halides is 1. The first-order valence-electron chi connectivity index (χ1n) is 3.45. The SMILES string of the molecule is NC(CF)c1ccc(Br)cc1O. The molecule has 0 radical (unpaired) electrons. The number of hydrogen-bond acceptors (Lipinski definition) is 2. The molecule has 0 aliphatic heterocycles. The molecule has 0 fully saturated rings. The van der Waals surface area contributed by atoms with Gasteiger partial charge in [0.05, 0.1) is 6.04 Å². The van der Waals surface area contributed by atoms with Crippen molar-refractivity contribution in [1.29, 1.82) is 0 Å². The Bertz CT molecular complexity index is 280. The van der Waals surface area contributed by atoms with E-state index in [1.54, 1.807) is 12.1 Å². The summed E-state index contributed by atoms with van der Waals surface area (Å²) in [6.45, 7) is -0.671. The molecule has 66 valence electrons. The lowest BCUT2D eigenvalue weighted by Gasteiger charge is -2.09. The fourth-order valence-corrected chi connectivity index (χ4v) is 1.26. The zero-order valence-electron chi connectivity index (χ0n) is 6.30. The molecule has 0 heterocycles. The summed E-state index contributed by atoms with van der Waals surface area (Å²) in [7, 11) is 0. The molecule has 1 atom stereocenters. The van der Waals surface area contributed by atoms with Crippen LogP contribution < -0.4 is 5.73 Å². The number of benzene rings is 1. The summed E-state index contributed by atoms with van der Waals surface area (Å²) in [5, 5.41) is 9.32. The molecule has 4 heteroatoms. The van der Waals surface area contributed by atoms with Crippen LogP contribution in [0, 0.1) is 0 Å². The zero-order valence-corrected chi connectivity index (χ0v) is 7.88. The van der Waals surface area contributed by atoms with Gasteiger partial charge in [-0.3, -0.25) is 0 Å². The van der Waals surface area contributed by atoms with Crippen LogP contribution in [0.5, 0.6) is 5.75 Å². The van der Waals surface area contributed by atoms with E-state index < -0.39 is 12.7 Å². The van der Waals surface area contributed by atoms with Crippen molar-refractivity contribution < 1.29 is 9.50 Å². The molecule has 1 aromatic carbocycles. The Hall–Kier alpha value is -0.610. The Balaban J connectivity index is 3.01. The van der Waals surface area contributed by atoms with Gasteiger partial charge in [0, 0.05) is 10.0 Å². The second kappa shape index (κ2) is 3.87. The number of halogens is 2. The van der Waals surface area contributed by atoms with Gasteiger partial charge in [0.1, 0.15) is 12.4 Å². The van der Waals surface area contributed by atoms with E-state index in [0.717, 1.165) is 4.47 Å². The first kappa shape index (κ1) is 9.48. The summed E-state index contributed by atoms with van der Waals surface area (Å²) >= 11 is 3.17. The fourth-order valence-electron chi connectivity index (χ4n) is 0.913. The number of rotatable bonds is 2. The van der Waals surface area contributed by atoms with Gasteiger partial charge in [-0.2, -0.15) is 0 Å². The van der Waals surface area contributed by atoms with Crippen LogP contribution >= 0.6 is 15.9 Å². The van der Waals surface area contributed by atoms with Gasteiger partial charge >= 0.3 is 0 Å². The van der Waals surface area contributed by atoms with Crippen molar-refractivity contribution in [1.82, 2.24) is 0 Å². The quantitative estimate of drug-likeness (QED) is 0.823. The van der Waals surface area contributed by atoms with Gasteiger partial charge in [-0.25, -0.2) is 4.39 Å². The molecule has 0 saturated heterocycles. The van der Waals surface area contributed by atoms with E-state index in [1.807, 2.05) is 0 Å². The minimum absolute atomic E-state index is 0.0227. The maximum atomic E-state index is 12.1. The van der Waals surface area contributed by atoms with Gasteiger partial charge in [0.15, 0.2) is 0 Å². The van der Waals surface area contributed by atoms with Gasteiger partial charge in [-0.1, -0.05) is 22.0 Å². The van der Waals surface area contributed by atoms with E-state index in [4.69, 9.17) is 5.73 Å². The Kier molecular flexibility index (Phi) is 3.05. The lowest BCUT2D eigenvalue weighted by atomic mass is 10.1. The Morgan fingerprint density at radius 3 is 2.75 bits per heavy atom. The Labute approximate surface area is 78.3 Å². The molecule has 0 bridgehead atoms. The molecule has 0 aromatic heterocycles. The van der Waals surface area contributed by atoms with Gasteiger partial charge < -0.3 is 10.8 Å². The molecule has 1 rings (SSSR count). The minimum atomic E-state index is -0.738. The monoisotopic (exact) mass is 233 g/mol. The van der Waals surface area contributed by atoms with Gasteiger partial charge in [-0.15, -0.1) is 0 Å². The molecular weight excluding hydrogens is 225 g/mol. The Morgan fingerprint density at radius 2 is 2.25 bits per heavy atom. The summed E-state index contributed by atoms with van der Waals surface area (Å²) in [6, 6.07) is 4.07. The third kappa shape index (κ3) is 1.95. The molecule has 1 unspecified atom stereocenters. The molecule has 0 aliphatic carbocycles. The van der Waals surface area contributed by atoms with Gasteiger partial charge in [-0.05, 0) is 12.1 Å². The van der Waals surface area contributed by atoms with E-state index in [1.165, 1.54) is 6.07 Å². The van der Waals surface area contributed by atoms with Crippen LogP contribution in [0.2, 0.25) is 0 Å². The van der Waals surface area contributed by atoms with Crippen molar-refractivity contribution >= 4 is 15.9 Å². The molecular formula is C8H9BrFNO. The predicted octanol–water partition coefficient (Wildman–Crippen LogP) is 2.12. The molecule has 2 nitrogen and oxygen atoms in total. The molecule has 0 aliphatic rings. The third-order valence-electron chi connectivity index (χ3n) is 1.56. The first-order chi connectivity index (χ1) is 5.65. The average molecular weight is 234 g/mol. The van der Waals surface area contributed by atoms with Crippen molar-refractivity contribution in [3.05, 3.63) is 28.2 Å². The second-order valence-electron chi connectivity index (χ2n) is 2.46. The molecule has 1 aromatic rings. The molecule has 0 saturated carbocycles. The van der Waals surface area contributed by atoms with Crippen LogP contribution in [-0.4, -0.2) is 11.8 Å². The highest BCUT2D eigenvalue weighted by molar-refractivity contribution is 9.10. The predicted molar refractivity (Wildman–Crippen MR) is 48.7 cm³/mol. The molecule has 0 amide bonds. The van der Waals surface area contributed by atoms with E-state index in [2.05, 4.69) is 15.9 Å². The number of aromatic hydroxyl groups is 1. The van der Waals surface area contributed by atoms with Crippen molar-refractivity contribution in [2.24, 2.45) is 5.73 Å². The summed E-state index contributed by atoms with van der Waals surface area (Å²) in [5.41, 5.74) is 5.83. The number of phenolic OH excluding ortho intramolecular Hbond substituents is 1. The zero-order chi connectivity index (χ0) is 9.14. The highest BCUT2D eigenvalue weighted by Crippen LogP contribution is 2.26. The summed E-state index contributed by atoms with van der Waals surface area (Å²) < 4.78 is 12.9. The van der Waals surface area contributed by atoms with Gasteiger partial charge in [0.25, 0.3) is 0 Å². The molecule has 3 N–H and O–H groups in total. The Morgan fingerprint density at radius 1 is 1.58 bits per heavy atom. The average Bonchev–Trinajstić information content (AvgIpc) is 2.03. The van der Waals surface area contributed by atoms with E-state index in [9.17, 15) is 9.50 Å². The standard InChI is InChI=1S/C8H9BrFNO/c9-5-1-2-6(7(11)4-10)8(12)3-5/h1-3,7,12H,4,11H2. The normalized spacial score (nSPS) is 12.9. The lowest BCUT2D eigenvalue weighted by molar-refractivity contribution is 0.414. The molecule has 0 spiro atoms. The maximum absolute atomic E-state index is 12.1. The van der Waals surface area contributed by atoms with Crippen molar-refractivity contribution in [2.75, 3.05) is 6.67 Å². The topological polar surface area (TPSA) is 46.2 Å². The van der Waals surface area contributed by atoms with Crippen LogP contribution in [0.25, 0.3) is 0 Å². The van der Waals surface area contributed by atoms with Crippen LogP contribution in [0.15, 0.2) is 22.7 Å². The number of nitrogens with two attached hydrogens (primary N) is 1. The highest BCUT2D eigenvalue weighted by Gasteiger charge is 2.09. The van der Waals surface area contributed by atoms with Crippen LogP contribution in [0.1, 0.15) is 11.6 Å². The fraction of sp³-hybridized carbons (Fsp3) is 0.250. The van der Waals surface area contributed by atoms with E-state index in [-0.39, 0.29) is 5.75 Å². The van der Waals surface area contributed by atoms with Crippen molar-refractivity contribution in [2.45, 2.75) is 6.04 Å². The minimum Gasteiger partial charge on any atom is -0.508 e.